The highest BCUT2D eigenvalue weighted by atomic mass is 32.2. The van der Waals surface area contributed by atoms with Crippen molar-refractivity contribution in [3.63, 3.8) is 0 Å². The molecule has 0 amide bonds. The molecule has 3 N–H and O–H groups in total. The van der Waals surface area contributed by atoms with Crippen molar-refractivity contribution in [3.05, 3.63) is 46.3 Å². The van der Waals surface area contributed by atoms with Gasteiger partial charge in [0.05, 0.1) is 11.3 Å². The highest BCUT2D eigenvalue weighted by Crippen LogP contribution is 2.27. The molecule has 0 fully saturated rings. The van der Waals surface area contributed by atoms with E-state index in [9.17, 15) is 10.1 Å². The van der Waals surface area contributed by atoms with Crippen LogP contribution in [0.1, 0.15) is 5.56 Å². The summed E-state index contributed by atoms with van der Waals surface area (Å²) in [5.41, 5.74) is 7.93. The maximum Gasteiger partial charge on any atom is 0.269 e. The maximum atomic E-state index is 10.6. The van der Waals surface area contributed by atoms with Crippen molar-refractivity contribution in [3.8, 4) is 0 Å². The number of hydrogen-bond donors (Lipinski definition) is 2. The van der Waals surface area contributed by atoms with E-state index in [1.54, 1.807) is 12.1 Å². The van der Waals surface area contributed by atoms with Gasteiger partial charge in [-0.2, -0.15) is 4.98 Å². The molecule has 0 aliphatic heterocycles. The van der Waals surface area contributed by atoms with Crippen LogP contribution in [0.4, 0.5) is 11.6 Å². The number of aromatic nitrogens is 4. The number of nitrogen functional groups attached to an aromatic ring is 1. The highest BCUT2D eigenvalue weighted by Gasteiger charge is 2.10. The number of thioether (sulfide) groups is 1. The van der Waals surface area contributed by atoms with E-state index in [0.717, 1.165) is 11.1 Å². The number of anilines is 1. The monoisotopic (exact) mass is 302 g/mol. The van der Waals surface area contributed by atoms with Crippen molar-refractivity contribution in [2.24, 2.45) is 0 Å². The van der Waals surface area contributed by atoms with E-state index in [4.69, 9.17) is 5.73 Å². The first kappa shape index (κ1) is 13.3. The first-order valence-electron chi connectivity index (χ1n) is 5.96. The van der Waals surface area contributed by atoms with Gasteiger partial charge >= 0.3 is 0 Å². The van der Waals surface area contributed by atoms with Crippen LogP contribution in [0.15, 0.2) is 35.6 Å². The molecule has 0 spiro atoms. The van der Waals surface area contributed by atoms with E-state index in [-0.39, 0.29) is 11.6 Å². The minimum Gasteiger partial charge on any atom is -0.368 e. The van der Waals surface area contributed by atoms with Gasteiger partial charge in [-0.15, -0.1) is 0 Å². The average molecular weight is 302 g/mol. The van der Waals surface area contributed by atoms with Crippen molar-refractivity contribution in [2.75, 3.05) is 5.73 Å². The topological polar surface area (TPSA) is 124 Å². The van der Waals surface area contributed by atoms with Gasteiger partial charge in [0, 0.05) is 17.9 Å². The van der Waals surface area contributed by atoms with Gasteiger partial charge in [0.25, 0.3) is 5.69 Å². The van der Waals surface area contributed by atoms with Crippen molar-refractivity contribution in [1.82, 2.24) is 19.9 Å². The smallest absolute Gasteiger partial charge is 0.269 e. The minimum atomic E-state index is -0.420. The molecule has 0 unspecified atom stereocenters. The molecule has 3 rings (SSSR count). The number of H-pyrrole nitrogens is 1. The first-order valence-corrected chi connectivity index (χ1v) is 6.95. The number of aromatic amines is 1. The zero-order valence-corrected chi connectivity index (χ0v) is 11.5. The lowest BCUT2D eigenvalue weighted by molar-refractivity contribution is -0.384. The summed E-state index contributed by atoms with van der Waals surface area (Å²) in [7, 11) is 0. The average Bonchev–Trinajstić information content (AvgIpc) is 2.93. The van der Waals surface area contributed by atoms with Gasteiger partial charge in [0.1, 0.15) is 10.5 Å². The van der Waals surface area contributed by atoms with Crippen LogP contribution in [0, 0.1) is 10.1 Å². The van der Waals surface area contributed by atoms with E-state index in [1.165, 1.54) is 30.2 Å². The molecule has 106 valence electrons. The van der Waals surface area contributed by atoms with Crippen LogP contribution < -0.4 is 5.73 Å². The third-order valence-electron chi connectivity index (χ3n) is 2.79. The molecule has 0 aliphatic carbocycles. The van der Waals surface area contributed by atoms with E-state index in [0.29, 0.717) is 16.4 Å². The lowest BCUT2D eigenvalue weighted by Gasteiger charge is -2.03. The Morgan fingerprint density at radius 2 is 2.05 bits per heavy atom. The number of nitrogens with zero attached hydrogens (tertiary/aromatic N) is 4. The van der Waals surface area contributed by atoms with E-state index < -0.39 is 4.92 Å². The molecule has 8 nitrogen and oxygen atoms in total. The molecule has 2 aromatic heterocycles. The second kappa shape index (κ2) is 5.37. The van der Waals surface area contributed by atoms with Gasteiger partial charge in [-0.3, -0.25) is 10.1 Å². The summed E-state index contributed by atoms with van der Waals surface area (Å²) in [4.78, 5) is 25.4. The maximum absolute atomic E-state index is 10.6. The number of nitro groups is 1. The summed E-state index contributed by atoms with van der Waals surface area (Å²) in [6.07, 6.45) is 1.54. The quantitative estimate of drug-likeness (QED) is 0.327. The summed E-state index contributed by atoms with van der Waals surface area (Å²) in [5.74, 6) is 0.781. The van der Waals surface area contributed by atoms with Crippen molar-refractivity contribution < 1.29 is 4.92 Å². The number of fused-ring (bicyclic) bond motifs is 1. The molecule has 1 aromatic carbocycles. The van der Waals surface area contributed by atoms with Crippen molar-refractivity contribution in [1.29, 1.82) is 0 Å². The van der Waals surface area contributed by atoms with Gasteiger partial charge in [-0.25, -0.2) is 9.97 Å². The van der Waals surface area contributed by atoms with Crippen LogP contribution >= 0.6 is 11.8 Å². The Morgan fingerprint density at radius 3 is 2.76 bits per heavy atom. The summed E-state index contributed by atoms with van der Waals surface area (Å²) in [5, 5.41) is 11.3. The molecule has 2 heterocycles. The second-order valence-electron chi connectivity index (χ2n) is 4.20. The molecular formula is C12H10N6O2S. The number of imidazole rings is 1. The highest BCUT2D eigenvalue weighted by molar-refractivity contribution is 7.98. The number of nitrogens with two attached hydrogens (primary N) is 1. The Bertz CT molecular complexity index is 801. The molecule has 21 heavy (non-hydrogen) atoms. The van der Waals surface area contributed by atoms with Crippen LogP contribution in [0.3, 0.4) is 0 Å². The van der Waals surface area contributed by atoms with E-state index in [1.807, 2.05) is 0 Å². The summed E-state index contributed by atoms with van der Waals surface area (Å²) >= 11 is 1.46. The molecule has 3 aromatic rings. The third kappa shape index (κ3) is 2.77. The number of hydrogen-bond acceptors (Lipinski definition) is 7. The number of benzene rings is 1. The fourth-order valence-corrected chi connectivity index (χ4v) is 2.74. The Hall–Kier alpha value is -2.68. The van der Waals surface area contributed by atoms with Crippen LogP contribution in [0.2, 0.25) is 0 Å². The fraction of sp³-hybridized carbons (Fsp3) is 0.0833. The number of non-ortho nitro benzene ring substituents is 1. The lowest BCUT2D eigenvalue weighted by Crippen LogP contribution is -1.97. The number of nitrogens with one attached hydrogen (secondary N) is 1. The van der Waals surface area contributed by atoms with Gasteiger partial charge in [-0.1, -0.05) is 23.9 Å². The number of rotatable bonds is 4. The largest absolute Gasteiger partial charge is 0.368 e. The summed E-state index contributed by atoms with van der Waals surface area (Å²) in [6.45, 7) is 0. The van der Waals surface area contributed by atoms with Crippen LogP contribution in [0.5, 0.6) is 0 Å². The molecule has 0 aliphatic rings. The Kier molecular flexibility index (Phi) is 3.40. The van der Waals surface area contributed by atoms with Gasteiger partial charge in [0.15, 0.2) is 5.65 Å². The zero-order chi connectivity index (χ0) is 14.8. The Morgan fingerprint density at radius 1 is 1.29 bits per heavy atom. The Labute approximate surface area is 123 Å². The molecule has 0 saturated carbocycles. The van der Waals surface area contributed by atoms with Gasteiger partial charge in [-0.05, 0) is 5.56 Å². The molecule has 0 bridgehead atoms. The lowest BCUT2D eigenvalue weighted by atomic mass is 10.2. The van der Waals surface area contributed by atoms with Crippen LogP contribution in [-0.4, -0.2) is 24.9 Å². The van der Waals surface area contributed by atoms with E-state index >= 15 is 0 Å². The minimum absolute atomic E-state index is 0.0750. The third-order valence-corrected chi connectivity index (χ3v) is 3.84. The van der Waals surface area contributed by atoms with Crippen molar-refractivity contribution in [2.45, 2.75) is 10.8 Å². The summed E-state index contributed by atoms with van der Waals surface area (Å²) < 4.78 is 0. The van der Waals surface area contributed by atoms with Gasteiger partial charge < -0.3 is 10.7 Å². The second-order valence-corrected chi connectivity index (χ2v) is 5.16. The SMILES string of the molecule is Nc1nc(SCc2ccc([N+](=O)[O-])cc2)c2[nH]cnc2n1. The molecular weight excluding hydrogens is 292 g/mol. The number of nitro benzene ring substituents is 1. The van der Waals surface area contributed by atoms with Crippen LogP contribution in [0.25, 0.3) is 11.2 Å². The van der Waals surface area contributed by atoms with E-state index in [2.05, 4.69) is 19.9 Å². The predicted molar refractivity (Wildman–Crippen MR) is 78.8 cm³/mol. The normalized spacial score (nSPS) is 10.9. The van der Waals surface area contributed by atoms with Crippen molar-refractivity contribution >= 4 is 34.6 Å². The molecule has 9 heteroatoms. The molecule has 0 radical (unpaired) electrons. The Balaban J connectivity index is 1.80. The predicted octanol–water partition coefficient (Wildman–Crippen LogP) is 2.14. The summed E-state index contributed by atoms with van der Waals surface area (Å²) in [6, 6.07) is 6.41. The first-order chi connectivity index (χ1) is 10.1. The molecule has 0 atom stereocenters. The van der Waals surface area contributed by atoms with Crippen LogP contribution in [-0.2, 0) is 5.75 Å². The zero-order valence-electron chi connectivity index (χ0n) is 10.7. The molecule has 0 saturated heterocycles. The van der Waals surface area contributed by atoms with Gasteiger partial charge in [0.2, 0.25) is 5.95 Å². The standard InChI is InChI=1S/C12H10N6O2S/c13-12-16-10-9(14-6-15-10)11(17-12)21-5-7-1-3-8(4-2-7)18(19)20/h1-4,6H,5H2,(H3,13,14,15,16,17). The fourth-order valence-electron chi connectivity index (χ4n) is 1.79.